The predicted octanol–water partition coefficient (Wildman–Crippen LogP) is 2.59. The first kappa shape index (κ1) is 25.5. The second-order valence-electron chi connectivity index (χ2n) is 9.62. The van der Waals surface area contributed by atoms with Crippen molar-refractivity contribution in [1.29, 1.82) is 0 Å². The van der Waals surface area contributed by atoms with Crippen molar-refractivity contribution in [1.82, 2.24) is 9.97 Å². The maximum atomic E-state index is 6.22. The summed E-state index contributed by atoms with van der Waals surface area (Å²) in [6.45, 7) is 14.4. The summed E-state index contributed by atoms with van der Waals surface area (Å²) in [5.41, 5.74) is 0.816. The number of hydrogen-bond acceptors (Lipinski definition) is 9. The Morgan fingerprint density at radius 1 is 1.03 bits per heavy atom. The van der Waals surface area contributed by atoms with Crippen LogP contribution in [0.1, 0.15) is 26.5 Å². The van der Waals surface area contributed by atoms with Crippen LogP contribution in [-0.2, 0) is 34.7 Å². The Kier molecular flexibility index (Phi) is 9.02. The molecule has 182 valence electrons. The Morgan fingerprint density at radius 2 is 1.72 bits per heavy atom. The highest BCUT2D eigenvalue weighted by Crippen LogP contribution is 2.37. The Labute approximate surface area is 192 Å². The van der Waals surface area contributed by atoms with Crippen LogP contribution in [0.5, 0.6) is 6.01 Å². The van der Waals surface area contributed by atoms with Crippen LogP contribution in [0.15, 0.2) is 12.3 Å². The fraction of sp³-hybridized carbons (Fsp3) is 0.818. The van der Waals surface area contributed by atoms with Gasteiger partial charge in [-0.2, -0.15) is 4.98 Å². The molecular weight excluding hydrogens is 432 g/mol. The van der Waals surface area contributed by atoms with E-state index in [4.69, 9.17) is 32.8 Å². The van der Waals surface area contributed by atoms with Gasteiger partial charge in [0.05, 0.1) is 45.3 Å². The van der Waals surface area contributed by atoms with E-state index in [1.165, 1.54) is 0 Å². The average Bonchev–Trinajstić information content (AvgIpc) is 3.33. The second-order valence-corrected chi connectivity index (χ2v) is 14.4. The van der Waals surface area contributed by atoms with E-state index < -0.39 is 8.32 Å². The molecule has 0 unspecified atom stereocenters. The molecule has 3 heterocycles. The molecule has 2 aliphatic rings. The van der Waals surface area contributed by atoms with Crippen LogP contribution in [0, 0.1) is 0 Å². The summed E-state index contributed by atoms with van der Waals surface area (Å²) in [6.07, 6.45) is 1.50. The molecule has 4 atom stereocenters. The van der Waals surface area contributed by atoms with E-state index in [1.54, 1.807) is 13.3 Å². The predicted molar refractivity (Wildman–Crippen MR) is 120 cm³/mol. The molecule has 3 rings (SSSR count). The molecule has 0 saturated carbocycles. The highest BCUT2D eigenvalue weighted by molar-refractivity contribution is 6.74. The molecule has 9 nitrogen and oxygen atoms in total. The Hall–Kier alpha value is -1.14. The van der Waals surface area contributed by atoms with E-state index >= 15 is 0 Å². The van der Waals surface area contributed by atoms with Crippen LogP contribution in [0.4, 0.5) is 0 Å². The van der Waals surface area contributed by atoms with Gasteiger partial charge in [-0.1, -0.05) is 20.8 Å². The van der Waals surface area contributed by atoms with Crippen molar-refractivity contribution in [2.45, 2.75) is 69.9 Å². The summed E-state index contributed by atoms with van der Waals surface area (Å²) < 4.78 is 40.2. The van der Waals surface area contributed by atoms with Crippen LogP contribution < -0.4 is 4.74 Å². The number of fused-ring (bicyclic) bond motifs is 1. The number of nitrogens with zero attached hydrogens (tertiary/aromatic N) is 2. The third kappa shape index (κ3) is 6.69. The second kappa shape index (κ2) is 11.3. The largest absolute Gasteiger partial charge is 0.461 e. The van der Waals surface area contributed by atoms with Crippen molar-refractivity contribution in [2.75, 3.05) is 46.8 Å². The molecule has 1 aromatic heterocycles. The minimum Gasteiger partial charge on any atom is -0.461 e. The van der Waals surface area contributed by atoms with Crippen molar-refractivity contribution < 1.29 is 32.8 Å². The molecule has 0 spiro atoms. The third-order valence-corrected chi connectivity index (χ3v) is 10.8. The molecule has 0 amide bonds. The fourth-order valence-corrected chi connectivity index (χ4v) is 4.27. The first-order valence-electron chi connectivity index (χ1n) is 11.3. The van der Waals surface area contributed by atoms with Gasteiger partial charge >= 0.3 is 6.01 Å². The molecule has 0 N–H and O–H groups in total. The number of methoxy groups -OCH3 is 1. The van der Waals surface area contributed by atoms with Gasteiger partial charge in [-0.25, -0.2) is 4.98 Å². The minimum atomic E-state index is -1.83. The van der Waals surface area contributed by atoms with Gasteiger partial charge in [0.2, 0.25) is 0 Å². The normalized spacial score (nSPS) is 25.8. The molecule has 2 fully saturated rings. The lowest BCUT2D eigenvalue weighted by Gasteiger charge is -2.36. The summed E-state index contributed by atoms with van der Waals surface area (Å²) in [6, 6.07) is 2.19. The van der Waals surface area contributed by atoms with Gasteiger partial charge in [-0.15, -0.1) is 0 Å². The lowest BCUT2D eigenvalue weighted by Crippen LogP contribution is -2.40. The topological polar surface area (TPSA) is 90.4 Å². The molecule has 10 heteroatoms. The first-order chi connectivity index (χ1) is 15.2. The van der Waals surface area contributed by atoms with Crippen molar-refractivity contribution in [3.63, 3.8) is 0 Å². The SMILES string of the molecule is CO[C@@H]1CO[C@H]2[C@@H]1OC[C@H]2OCCOCCOc1nccc(CO[Si](C)(C)C(C)(C)C)n1. The van der Waals surface area contributed by atoms with E-state index in [1.807, 2.05) is 6.07 Å². The zero-order valence-electron chi connectivity index (χ0n) is 20.2. The van der Waals surface area contributed by atoms with Crippen LogP contribution in [0.25, 0.3) is 0 Å². The Bertz CT molecular complexity index is 716. The summed E-state index contributed by atoms with van der Waals surface area (Å²) in [7, 11) is -0.152. The molecule has 2 saturated heterocycles. The molecule has 0 aromatic carbocycles. The van der Waals surface area contributed by atoms with E-state index in [0.29, 0.717) is 52.3 Å². The van der Waals surface area contributed by atoms with Gasteiger partial charge in [0.15, 0.2) is 8.32 Å². The van der Waals surface area contributed by atoms with Crippen LogP contribution >= 0.6 is 0 Å². The zero-order valence-corrected chi connectivity index (χ0v) is 21.2. The Balaban J connectivity index is 1.28. The van der Waals surface area contributed by atoms with Gasteiger partial charge in [0, 0.05) is 13.3 Å². The smallest absolute Gasteiger partial charge is 0.316 e. The molecule has 0 bridgehead atoms. The minimum absolute atomic E-state index is 0.0127. The van der Waals surface area contributed by atoms with Crippen molar-refractivity contribution >= 4 is 8.32 Å². The zero-order chi connectivity index (χ0) is 23.2. The number of rotatable bonds is 12. The van der Waals surface area contributed by atoms with E-state index in [-0.39, 0.29) is 29.5 Å². The van der Waals surface area contributed by atoms with Crippen molar-refractivity contribution in [2.24, 2.45) is 0 Å². The van der Waals surface area contributed by atoms with Crippen LogP contribution in [0.2, 0.25) is 18.1 Å². The van der Waals surface area contributed by atoms with Crippen LogP contribution in [-0.4, -0.2) is 89.5 Å². The standard InChI is InChI=1S/C22H38N2O7Si/c1-22(2,3)32(5,6)31-13-16-7-8-23-21(24-16)28-12-10-26-9-11-27-18-15-30-19-17(25-4)14-29-20(18)19/h7-8,17-20H,9-15H2,1-6H3/t17-,18-,19-,20-/m1/s1. The molecule has 2 aliphatic heterocycles. The fourth-order valence-electron chi connectivity index (χ4n) is 3.32. The average molecular weight is 471 g/mol. The van der Waals surface area contributed by atoms with Gasteiger partial charge in [0.1, 0.15) is 31.0 Å². The molecule has 0 radical (unpaired) electrons. The Morgan fingerprint density at radius 3 is 2.44 bits per heavy atom. The van der Waals surface area contributed by atoms with Crippen molar-refractivity contribution in [3.8, 4) is 6.01 Å². The van der Waals surface area contributed by atoms with Gasteiger partial charge < -0.3 is 32.8 Å². The molecule has 0 aliphatic carbocycles. The number of hydrogen-bond donors (Lipinski definition) is 0. The van der Waals surface area contributed by atoms with Gasteiger partial charge in [-0.3, -0.25) is 0 Å². The van der Waals surface area contributed by atoms with Gasteiger partial charge in [-0.05, 0) is 24.2 Å². The van der Waals surface area contributed by atoms with Crippen molar-refractivity contribution in [3.05, 3.63) is 18.0 Å². The van der Waals surface area contributed by atoms with E-state index in [9.17, 15) is 0 Å². The highest BCUT2D eigenvalue weighted by atomic mass is 28.4. The molecule has 1 aromatic rings. The van der Waals surface area contributed by atoms with E-state index in [0.717, 1.165) is 5.69 Å². The number of ether oxygens (including phenoxy) is 6. The lowest BCUT2D eigenvalue weighted by atomic mass is 10.1. The molecule has 32 heavy (non-hydrogen) atoms. The van der Waals surface area contributed by atoms with Gasteiger partial charge in [0.25, 0.3) is 0 Å². The monoisotopic (exact) mass is 470 g/mol. The maximum absolute atomic E-state index is 6.22. The van der Waals surface area contributed by atoms with Crippen LogP contribution in [0.3, 0.4) is 0 Å². The number of aromatic nitrogens is 2. The summed E-state index contributed by atoms with van der Waals surface area (Å²) >= 11 is 0. The molecular formula is C22H38N2O7Si. The summed E-state index contributed by atoms with van der Waals surface area (Å²) in [5.74, 6) is 0. The first-order valence-corrected chi connectivity index (χ1v) is 14.2. The summed E-state index contributed by atoms with van der Waals surface area (Å²) in [4.78, 5) is 8.60. The lowest BCUT2D eigenvalue weighted by molar-refractivity contribution is -0.0572. The maximum Gasteiger partial charge on any atom is 0.316 e. The third-order valence-electron chi connectivity index (χ3n) is 6.36. The quantitative estimate of drug-likeness (QED) is 0.338. The highest BCUT2D eigenvalue weighted by Gasteiger charge is 2.48. The van der Waals surface area contributed by atoms with E-state index in [2.05, 4.69) is 43.8 Å². The summed E-state index contributed by atoms with van der Waals surface area (Å²) in [5, 5.41) is 0.156.